The normalized spacial score (nSPS) is 7.57. The average Bonchev–Trinajstić information content (AvgIpc) is 1.86. The fraction of sp³-hybridized carbons (Fsp3) is 0.250. The molecule has 0 amide bonds. The Morgan fingerprint density at radius 1 is 1.57 bits per heavy atom. The Bertz CT molecular complexity index is 113. The maximum absolute atomic E-state index is 2.89. The predicted octanol–water partition coefficient (Wildman–Crippen LogP) is -3.16. The first kappa shape index (κ1) is 6.94. The fourth-order valence-corrected chi connectivity index (χ4v) is 0.364. The molecule has 0 atom stereocenters. The number of hydrogen-bond acceptors (Lipinski definition) is 0. The molecule has 1 rings (SSSR count). The molecule has 0 spiro atoms. The summed E-state index contributed by atoms with van der Waals surface area (Å²) < 4.78 is 1.94. The van der Waals surface area contributed by atoms with E-state index in [-0.39, 0.29) is 24.0 Å². The average molecular weight is 210 g/mol. The Hall–Kier alpha value is -0.0600. The highest BCUT2D eigenvalue weighted by molar-refractivity contribution is 4.59. The molecule has 1 aromatic rings. The minimum absolute atomic E-state index is 0. The van der Waals surface area contributed by atoms with Crippen molar-refractivity contribution in [3.8, 4) is 0 Å². The Balaban J connectivity index is 0.000000360. The van der Waals surface area contributed by atoms with Crippen molar-refractivity contribution in [1.82, 2.24) is 4.57 Å². The molecule has 0 unspecified atom stereocenters. The molecular formula is C4H7IN2. The van der Waals surface area contributed by atoms with Gasteiger partial charge < -0.3 is 24.0 Å². The number of imidazole rings is 1. The molecule has 0 saturated carbocycles. The Labute approximate surface area is 59.6 Å². The van der Waals surface area contributed by atoms with Crippen LogP contribution in [0.2, 0.25) is 0 Å². The van der Waals surface area contributed by atoms with Gasteiger partial charge in [0.2, 0.25) is 6.33 Å². The van der Waals surface area contributed by atoms with Crippen molar-refractivity contribution in [2.24, 2.45) is 7.05 Å². The van der Waals surface area contributed by atoms with E-state index in [2.05, 4.69) is 4.98 Å². The van der Waals surface area contributed by atoms with Gasteiger partial charge in [0.25, 0.3) is 0 Å². The molecule has 0 aromatic carbocycles. The number of nitrogens with zero attached hydrogens (tertiary/aromatic N) is 1. The number of aromatic nitrogens is 2. The molecule has 3 heteroatoms. The van der Waals surface area contributed by atoms with Crippen LogP contribution in [-0.4, -0.2) is 4.57 Å². The van der Waals surface area contributed by atoms with E-state index >= 15 is 0 Å². The van der Waals surface area contributed by atoms with Crippen LogP contribution in [0.25, 0.3) is 0 Å². The van der Waals surface area contributed by atoms with Crippen LogP contribution >= 0.6 is 0 Å². The monoisotopic (exact) mass is 210 g/mol. The van der Waals surface area contributed by atoms with Crippen LogP contribution in [0.1, 0.15) is 0 Å². The number of aryl methyl sites for hydroxylation is 1. The molecular weight excluding hydrogens is 203 g/mol. The van der Waals surface area contributed by atoms with Gasteiger partial charge in [0.1, 0.15) is 12.4 Å². The number of hydrogen-bond donors (Lipinski definition) is 0. The summed E-state index contributed by atoms with van der Waals surface area (Å²) in [6, 6.07) is 0. The quantitative estimate of drug-likeness (QED) is 0.403. The second-order valence-corrected chi connectivity index (χ2v) is 1.28. The van der Waals surface area contributed by atoms with Gasteiger partial charge in [0, 0.05) is 0 Å². The van der Waals surface area contributed by atoms with E-state index in [1.165, 1.54) is 0 Å². The molecule has 1 N–H and O–H groups in total. The third-order valence-corrected chi connectivity index (χ3v) is 0.684. The summed E-state index contributed by atoms with van der Waals surface area (Å²) in [5.74, 6) is 0. The number of rotatable bonds is 0. The molecule has 0 bridgehead atoms. The lowest BCUT2D eigenvalue weighted by atomic mass is 10.9. The molecule has 1 heterocycles. The van der Waals surface area contributed by atoms with Gasteiger partial charge in [-0.3, -0.25) is 4.98 Å². The van der Waals surface area contributed by atoms with Crippen LogP contribution in [0.4, 0.5) is 0 Å². The van der Waals surface area contributed by atoms with E-state index in [4.69, 9.17) is 0 Å². The number of halogens is 1. The molecule has 0 fully saturated rings. The van der Waals surface area contributed by atoms with Crippen LogP contribution in [0.3, 0.4) is 0 Å². The summed E-state index contributed by atoms with van der Waals surface area (Å²) in [5, 5.41) is 0. The van der Waals surface area contributed by atoms with Gasteiger partial charge in [-0.1, -0.05) is 0 Å². The van der Waals surface area contributed by atoms with Crippen LogP contribution in [0.5, 0.6) is 0 Å². The second-order valence-electron chi connectivity index (χ2n) is 1.28. The molecule has 7 heavy (non-hydrogen) atoms. The predicted molar refractivity (Wildman–Crippen MR) is 22.0 cm³/mol. The van der Waals surface area contributed by atoms with Gasteiger partial charge in [0.15, 0.2) is 0 Å². The highest BCUT2D eigenvalue weighted by atomic mass is 127. The lowest BCUT2D eigenvalue weighted by Gasteiger charge is -1.66. The van der Waals surface area contributed by atoms with Gasteiger partial charge in [-0.25, -0.2) is 4.57 Å². The lowest BCUT2D eigenvalue weighted by Crippen LogP contribution is -3.00. The van der Waals surface area contributed by atoms with Crippen LogP contribution in [0.15, 0.2) is 18.7 Å². The summed E-state index contributed by atoms with van der Waals surface area (Å²) in [7, 11) is 1.97. The van der Waals surface area contributed by atoms with Crippen molar-refractivity contribution >= 4 is 0 Å². The second kappa shape index (κ2) is 3.01. The summed E-state index contributed by atoms with van der Waals surface area (Å²) >= 11 is 0. The van der Waals surface area contributed by atoms with Crippen molar-refractivity contribution in [2.45, 2.75) is 0 Å². The standard InChI is InChI=1S/C4H6N2.HI/c1-6-3-2-5-4-6;/h2-4H,1H3;1H. The first-order chi connectivity index (χ1) is 2.89. The summed E-state index contributed by atoms with van der Waals surface area (Å²) in [6.45, 7) is 0. The summed E-state index contributed by atoms with van der Waals surface area (Å²) in [6.07, 6.45) is 5.69. The molecule has 0 aliphatic rings. The van der Waals surface area contributed by atoms with Crippen molar-refractivity contribution in [3.63, 3.8) is 0 Å². The fourth-order valence-electron chi connectivity index (χ4n) is 0.364. The highest BCUT2D eigenvalue weighted by Crippen LogP contribution is 1.66. The SMILES string of the molecule is Cn1cc[nH+]c1.[I-]. The zero-order valence-corrected chi connectivity index (χ0v) is 6.21. The van der Waals surface area contributed by atoms with Gasteiger partial charge in [-0.15, -0.1) is 0 Å². The van der Waals surface area contributed by atoms with Gasteiger partial charge in [-0.05, 0) is 0 Å². The van der Waals surface area contributed by atoms with Crippen LogP contribution in [-0.2, 0) is 7.05 Å². The Kier molecular flexibility index (Phi) is 2.98. The Morgan fingerprint density at radius 3 is 2.43 bits per heavy atom. The molecule has 1 aromatic heterocycles. The van der Waals surface area contributed by atoms with E-state index in [0.717, 1.165) is 0 Å². The molecule has 0 aliphatic heterocycles. The number of aromatic amines is 1. The van der Waals surface area contributed by atoms with E-state index in [1.54, 1.807) is 0 Å². The number of H-pyrrole nitrogens is 1. The largest absolute Gasteiger partial charge is 1.00 e. The minimum atomic E-state index is 0. The van der Waals surface area contributed by atoms with Gasteiger partial charge in [0.05, 0.1) is 7.05 Å². The van der Waals surface area contributed by atoms with Gasteiger partial charge >= 0.3 is 0 Å². The first-order valence-corrected chi connectivity index (χ1v) is 1.87. The summed E-state index contributed by atoms with van der Waals surface area (Å²) in [4.78, 5) is 2.89. The minimum Gasteiger partial charge on any atom is -1.00 e. The Morgan fingerprint density at radius 2 is 2.29 bits per heavy atom. The van der Waals surface area contributed by atoms with E-state index in [1.807, 2.05) is 30.3 Å². The summed E-state index contributed by atoms with van der Waals surface area (Å²) in [5.41, 5.74) is 0. The molecule has 0 saturated heterocycles. The van der Waals surface area contributed by atoms with Crippen LogP contribution in [0, 0.1) is 0 Å². The van der Waals surface area contributed by atoms with Crippen molar-refractivity contribution in [3.05, 3.63) is 18.7 Å². The smallest absolute Gasteiger partial charge is 0.241 e. The zero-order chi connectivity index (χ0) is 4.41. The van der Waals surface area contributed by atoms with Crippen molar-refractivity contribution in [1.29, 1.82) is 0 Å². The van der Waals surface area contributed by atoms with Crippen molar-refractivity contribution < 1.29 is 29.0 Å². The van der Waals surface area contributed by atoms with Gasteiger partial charge in [-0.2, -0.15) is 0 Å². The molecule has 40 valence electrons. The maximum atomic E-state index is 2.89. The van der Waals surface area contributed by atoms with Crippen molar-refractivity contribution in [2.75, 3.05) is 0 Å². The molecule has 0 radical (unpaired) electrons. The van der Waals surface area contributed by atoms with E-state index < -0.39 is 0 Å². The third-order valence-electron chi connectivity index (χ3n) is 0.684. The maximum Gasteiger partial charge on any atom is 0.241 e. The molecule has 0 aliphatic carbocycles. The van der Waals surface area contributed by atoms with Crippen LogP contribution < -0.4 is 29.0 Å². The number of nitrogens with one attached hydrogen (secondary N) is 1. The lowest BCUT2D eigenvalue weighted by molar-refractivity contribution is -0.377. The first-order valence-electron chi connectivity index (χ1n) is 1.87. The third kappa shape index (κ3) is 1.91. The van der Waals surface area contributed by atoms with E-state index in [0.29, 0.717) is 0 Å². The van der Waals surface area contributed by atoms with E-state index in [9.17, 15) is 0 Å². The zero-order valence-electron chi connectivity index (χ0n) is 4.06. The topological polar surface area (TPSA) is 19.1 Å². The molecule has 2 nitrogen and oxygen atoms in total. The highest BCUT2D eigenvalue weighted by Gasteiger charge is 1.78.